The van der Waals surface area contributed by atoms with E-state index < -0.39 is 0 Å². The van der Waals surface area contributed by atoms with Gasteiger partial charge in [0.15, 0.2) is 5.75 Å². The van der Waals surface area contributed by atoms with E-state index in [1.165, 1.54) is 0 Å². The third-order valence-corrected chi connectivity index (χ3v) is 3.60. The van der Waals surface area contributed by atoms with Crippen LogP contribution in [0.15, 0.2) is 16.6 Å². The number of anilines is 1. The van der Waals surface area contributed by atoms with Crippen LogP contribution in [0.1, 0.15) is 0 Å². The molecule has 6 heteroatoms. The lowest BCUT2D eigenvalue weighted by molar-refractivity contribution is 0.0322. The molecule has 2 N–H and O–H groups in total. The first kappa shape index (κ1) is 13.9. The second-order valence-corrected chi connectivity index (χ2v) is 5.40. The minimum atomic E-state index is 0.552. The molecule has 1 aromatic rings. The van der Waals surface area contributed by atoms with Gasteiger partial charge in [-0.3, -0.25) is 4.90 Å². The number of nitrogen functional groups attached to an aromatic ring is 1. The molecule has 1 aromatic carbocycles. The summed E-state index contributed by atoms with van der Waals surface area (Å²) in [6.45, 7) is 4.99. The van der Waals surface area contributed by atoms with Crippen molar-refractivity contribution in [2.45, 2.75) is 0 Å². The van der Waals surface area contributed by atoms with Crippen molar-refractivity contribution in [3.8, 4) is 5.75 Å². The lowest BCUT2D eigenvalue weighted by Gasteiger charge is -2.26. The van der Waals surface area contributed by atoms with Gasteiger partial charge in [-0.25, -0.2) is 0 Å². The Kier molecular flexibility index (Phi) is 5.12. The van der Waals surface area contributed by atoms with E-state index in [9.17, 15) is 0 Å². The Balaban J connectivity index is 1.86. The van der Waals surface area contributed by atoms with E-state index in [2.05, 4.69) is 20.8 Å². The average Bonchev–Trinajstić information content (AvgIpc) is 2.34. The van der Waals surface area contributed by atoms with Crippen LogP contribution in [-0.4, -0.2) is 44.4 Å². The number of morpholine rings is 1. The van der Waals surface area contributed by atoms with Gasteiger partial charge in [0.1, 0.15) is 6.61 Å². The van der Waals surface area contributed by atoms with E-state index in [0.717, 1.165) is 37.3 Å². The van der Waals surface area contributed by atoms with Crippen LogP contribution in [0.5, 0.6) is 5.75 Å². The highest BCUT2D eigenvalue weighted by atomic mass is 79.9. The minimum absolute atomic E-state index is 0.552. The molecule has 0 amide bonds. The highest BCUT2D eigenvalue weighted by Crippen LogP contribution is 2.34. The predicted molar refractivity (Wildman–Crippen MR) is 76.3 cm³/mol. The lowest BCUT2D eigenvalue weighted by Crippen LogP contribution is -2.38. The van der Waals surface area contributed by atoms with Crippen LogP contribution >= 0.6 is 27.5 Å². The fourth-order valence-electron chi connectivity index (χ4n) is 1.83. The van der Waals surface area contributed by atoms with Crippen molar-refractivity contribution < 1.29 is 9.47 Å². The van der Waals surface area contributed by atoms with Crippen molar-refractivity contribution in [1.29, 1.82) is 0 Å². The van der Waals surface area contributed by atoms with Crippen LogP contribution in [0.4, 0.5) is 5.69 Å². The second-order valence-electron chi connectivity index (χ2n) is 4.11. The summed E-state index contributed by atoms with van der Waals surface area (Å²) in [6.07, 6.45) is 0. The first-order valence-corrected chi connectivity index (χ1v) is 7.01. The van der Waals surface area contributed by atoms with Gasteiger partial charge in [0.25, 0.3) is 0 Å². The molecule has 4 nitrogen and oxygen atoms in total. The van der Waals surface area contributed by atoms with Crippen LogP contribution in [0.3, 0.4) is 0 Å². The Morgan fingerprint density at radius 1 is 1.39 bits per heavy atom. The summed E-state index contributed by atoms with van der Waals surface area (Å²) in [5, 5.41) is 0.597. The Hall–Kier alpha value is -0.490. The van der Waals surface area contributed by atoms with Gasteiger partial charge in [0.2, 0.25) is 0 Å². The maximum absolute atomic E-state index is 5.89. The Morgan fingerprint density at radius 2 is 2.11 bits per heavy atom. The zero-order valence-electron chi connectivity index (χ0n) is 9.99. The number of nitrogens with zero attached hydrogens (tertiary/aromatic N) is 1. The first-order valence-electron chi connectivity index (χ1n) is 5.84. The summed E-state index contributed by atoms with van der Waals surface area (Å²) in [7, 11) is 0. The van der Waals surface area contributed by atoms with Gasteiger partial charge in [0.05, 0.1) is 23.4 Å². The van der Waals surface area contributed by atoms with Crippen LogP contribution in [0.2, 0.25) is 5.02 Å². The molecule has 0 saturated carbocycles. The van der Waals surface area contributed by atoms with E-state index in [4.69, 9.17) is 26.8 Å². The van der Waals surface area contributed by atoms with Crippen molar-refractivity contribution in [1.82, 2.24) is 4.90 Å². The normalized spacial score (nSPS) is 16.8. The number of halogens is 2. The van der Waals surface area contributed by atoms with Crippen LogP contribution < -0.4 is 10.5 Å². The SMILES string of the molecule is Nc1cc(Cl)cc(Br)c1OCCN1CCOCC1. The second kappa shape index (κ2) is 6.61. The number of hydrogen-bond acceptors (Lipinski definition) is 4. The summed E-state index contributed by atoms with van der Waals surface area (Å²) >= 11 is 9.29. The minimum Gasteiger partial charge on any atom is -0.489 e. The topological polar surface area (TPSA) is 47.7 Å². The standard InChI is InChI=1S/C12H16BrClN2O2/c13-10-7-9(14)8-11(15)12(10)18-6-3-16-1-4-17-5-2-16/h7-8H,1-6,15H2. The highest BCUT2D eigenvalue weighted by Gasteiger charge is 2.12. The zero-order valence-corrected chi connectivity index (χ0v) is 12.3. The maximum atomic E-state index is 5.89. The molecule has 0 radical (unpaired) electrons. The lowest BCUT2D eigenvalue weighted by atomic mass is 10.3. The Labute approximate surface area is 120 Å². The fourth-order valence-corrected chi connectivity index (χ4v) is 2.78. The van der Waals surface area contributed by atoms with Gasteiger partial charge in [-0.1, -0.05) is 11.6 Å². The van der Waals surface area contributed by atoms with Crippen LogP contribution in [0.25, 0.3) is 0 Å². The molecule has 2 rings (SSSR count). The third-order valence-electron chi connectivity index (χ3n) is 2.79. The average molecular weight is 336 g/mol. The van der Waals surface area contributed by atoms with Crippen molar-refractivity contribution in [3.05, 3.63) is 21.6 Å². The molecule has 1 aliphatic rings. The Morgan fingerprint density at radius 3 is 2.78 bits per heavy atom. The summed E-state index contributed by atoms with van der Waals surface area (Å²) in [6, 6.07) is 3.47. The molecule has 0 spiro atoms. The molecule has 0 aromatic heterocycles. The van der Waals surface area contributed by atoms with Crippen LogP contribution in [0, 0.1) is 0 Å². The van der Waals surface area contributed by atoms with Gasteiger partial charge >= 0.3 is 0 Å². The Bertz CT molecular complexity index is 388. The third kappa shape index (κ3) is 3.75. The molecule has 0 bridgehead atoms. The van der Waals surface area contributed by atoms with Gasteiger partial charge in [-0.05, 0) is 28.1 Å². The molecule has 100 valence electrons. The molecular formula is C12H16BrClN2O2. The van der Waals surface area contributed by atoms with Gasteiger partial charge in [-0.15, -0.1) is 0 Å². The molecular weight excluding hydrogens is 320 g/mol. The number of ether oxygens (including phenoxy) is 2. The highest BCUT2D eigenvalue weighted by molar-refractivity contribution is 9.10. The predicted octanol–water partition coefficient (Wildman–Crippen LogP) is 2.40. The smallest absolute Gasteiger partial charge is 0.156 e. The van der Waals surface area contributed by atoms with E-state index in [1.807, 2.05) is 0 Å². The van der Waals surface area contributed by atoms with Crippen molar-refractivity contribution in [2.24, 2.45) is 0 Å². The molecule has 0 unspecified atom stereocenters. The van der Waals surface area contributed by atoms with Gasteiger partial charge < -0.3 is 15.2 Å². The molecule has 1 fully saturated rings. The zero-order chi connectivity index (χ0) is 13.0. The molecule has 1 saturated heterocycles. The molecule has 18 heavy (non-hydrogen) atoms. The fraction of sp³-hybridized carbons (Fsp3) is 0.500. The molecule has 1 heterocycles. The number of rotatable bonds is 4. The number of hydrogen-bond donors (Lipinski definition) is 1. The quantitative estimate of drug-likeness (QED) is 0.858. The summed E-state index contributed by atoms with van der Waals surface area (Å²) in [4.78, 5) is 2.31. The van der Waals surface area contributed by atoms with E-state index in [0.29, 0.717) is 23.1 Å². The first-order chi connectivity index (χ1) is 8.66. The molecule has 0 aliphatic carbocycles. The van der Waals surface area contributed by atoms with Crippen molar-refractivity contribution >= 4 is 33.2 Å². The number of benzene rings is 1. The molecule has 1 aliphatic heterocycles. The maximum Gasteiger partial charge on any atom is 0.156 e. The van der Waals surface area contributed by atoms with E-state index in [-0.39, 0.29) is 0 Å². The van der Waals surface area contributed by atoms with Gasteiger partial charge in [0, 0.05) is 24.7 Å². The van der Waals surface area contributed by atoms with E-state index >= 15 is 0 Å². The number of nitrogens with two attached hydrogens (primary N) is 1. The van der Waals surface area contributed by atoms with Crippen LogP contribution in [-0.2, 0) is 4.74 Å². The molecule has 0 atom stereocenters. The summed E-state index contributed by atoms with van der Waals surface area (Å²) < 4.78 is 11.8. The van der Waals surface area contributed by atoms with Crippen molar-refractivity contribution in [3.63, 3.8) is 0 Å². The van der Waals surface area contributed by atoms with Crippen molar-refractivity contribution in [2.75, 3.05) is 45.2 Å². The monoisotopic (exact) mass is 334 g/mol. The summed E-state index contributed by atoms with van der Waals surface area (Å²) in [5.74, 6) is 0.660. The van der Waals surface area contributed by atoms with Gasteiger partial charge in [-0.2, -0.15) is 0 Å². The van der Waals surface area contributed by atoms with E-state index in [1.54, 1.807) is 12.1 Å². The largest absolute Gasteiger partial charge is 0.489 e. The summed E-state index contributed by atoms with van der Waals surface area (Å²) in [5.41, 5.74) is 6.42.